The molecule has 4 nitrogen and oxygen atoms in total. The van der Waals surface area contributed by atoms with Gasteiger partial charge in [-0.3, -0.25) is 4.79 Å². The highest BCUT2D eigenvalue weighted by Gasteiger charge is 2.05. The van der Waals surface area contributed by atoms with Crippen molar-refractivity contribution in [3.63, 3.8) is 0 Å². The van der Waals surface area contributed by atoms with Crippen LogP contribution in [0.1, 0.15) is 0 Å². The summed E-state index contributed by atoms with van der Waals surface area (Å²) >= 11 is 12.7. The molecule has 0 spiro atoms. The molecule has 0 aliphatic heterocycles. The van der Waals surface area contributed by atoms with Crippen LogP contribution in [-0.4, -0.2) is 24.8 Å². The van der Waals surface area contributed by atoms with Crippen molar-refractivity contribution in [2.45, 2.75) is 0 Å². The van der Waals surface area contributed by atoms with E-state index in [9.17, 15) is 4.79 Å². The van der Waals surface area contributed by atoms with E-state index in [0.717, 1.165) is 11.8 Å². The summed E-state index contributed by atoms with van der Waals surface area (Å²) in [7, 11) is 0. The number of nitrogens with one attached hydrogen (secondary N) is 1. The first-order valence-electron chi connectivity index (χ1n) is 4.99. The van der Waals surface area contributed by atoms with Gasteiger partial charge in [0.2, 0.25) is 0 Å². The van der Waals surface area contributed by atoms with Crippen molar-refractivity contribution in [1.29, 1.82) is 5.26 Å². The zero-order chi connectivity index (χ0) is 13.4. The number of benzene rings is 1. The van der Waals surface area contributed by atoms with Crippen molar-refractivity contribution in [3.05, 3.63) is 28.2 Å². The number of hydrogen-bond acceptors (Lipinski definition) is 4. The quantitative estimate of drug-likeness (QED) is 0.648. The predicted octanol–water partition coefficient (Wildman–Crippen LogP) is 2.70. The van der Waals surface area contributed by atoms with Gasteiger partial charge in [-0.05, 0) is 30.0 Å². The molecule has 0 fully saturated rings. The molecule has 1 N–H and O–H groups in total. The zero-order valence-electron chi connectivity index (χ0n) is 9.28. The number of amides is 1. The Morgan fingerprint density at radius 3 is 2.94 bits per heavy atom. The fourth-order valence-electron chi connectivity index (χ4n) is 1.07. The largest absolute Gasteiger partial charge is 0.482 e. The summed E-state index contributed by atoms with van der Waals surface area (Å²) in [6.45, 7) is 0.299. The van der Waals surface area contributed by atoms with Gasteiger partial charge in [-0.25, -0.2) is 0 Å². The number of thiocyanates is 1. The van der Waals surface area contributed by atoms with Crippen molar-refractivity contribution < 1.29 is 9.53 Å². The van der Waals surface area contributed by atoms with E-state index in [-0.39, 0.29) is 12.5 Å². The average Bonchev–Trinajstić information content (AvgIpc) is 2.33. The number of nitrogens with zero attached hydrogens (tertiary/aromatic N) is 1. The first-order valence-corrected chi connectivity index (χ1v) is 6.73. The van der Waals surface area contributed by atoms with E-state index in [1.165, 1.54) is 0 Å². The van der Waals surface area contributed by atoms with E-state index >= 15 is 0 Å². The lowest BCUT2D eigenvalue weighted by Gasteiger charge is -2.08. The van der Waals surface area contributed by atoms with Gasteiger partial charge in [0, 0.05) is 17.3 Å². The van der Waals surface area contributed by atoms with Gasteiger partial charge < -0.3 is 10.1 Å². The highest BCUT2D eigenvalue weighted by molar-refractivity contribution is 8.03. The maximum atomic E-state index is 11.4. The van der Waals surface area contributed by atoms with Gasteiger partial charge >= 0.3 is 0 Å². The Bertz CT molecular complexity index is 463. The predicted molar refractivity (Wildman–Crippen MR) is 73.0 cm³/mol. The van der Waals surface area contributed by atoms with E-state index in [1.54, 1.807) is 18.2 Å². The van der Waals surface area contributed by atoms with Crippen molar-refractivity contribution in [3.8, 4) is 11.2 Å². The topological polar surface area (TPSA) is 62.1 Å². The Hall–Kier alpha value is -1.09. The maximum absolute atomic E-state index is 11.4. The van der Waals surface area contributed by atoms with E-state index in [1.807, 2.05) is 5.40 Å². The van der Waals surface area contributed by atoms with Crippen LogP contribution in [0, 0.1) is 10.7 Å². The van der Waals surface area contributed by atoms with E-state index in [4.69, 9.17) is 33.2 Å². The fraction of sp³-hybridized carbons (Fsp3) is 0.273. The zero-order valence-corrected chi connectivity index (χ0v) is 11.6. The lowest BCUT2D eigenvalue weighted by Crippen LogP contribution is -2.30. The molecule has 0 aliphatic carbocycles. The fourth-order valence-corrected chi connectivity index (χ4v) is 1.83. The molecular weight excluding hydrogens is 295 g/mol. The molecule has 0 saturated carbocycles. The van der Waals surface area contributed by atoms with Crippen LogP contribution in [0.2, 0.25) is 10.0 Å². The van der Waals surface area contributed by atoms with Crippen LogP contribution >= 0.6 is 35.0 Å². The third-order valence-electron chi connectivity index (χ3n) is 1.84. The second-order valence-electron chi connectivity index (χ2n) is 3.15. The number of carbonyl (C=O) groups excluding carboxylic acids is 1. The van der Waals surface area contributed by atoms with Crippen LogP contribution in [0.25, 0.3) is 0 Å². The summed E-state index contributed by atoms with van der Waals surface area (Å²) in [5, 5.41) is 13.7. The summed E-state index contributed by atoms with van der Waals surface area (Å²) < 4.78 is 5.24. The van der Waals surface area contributed by atoms with Crippen LogP contribution in [0.3, 0.4) is 0 Å². The molecule has 18 heavy (non-hydrogen) atoms. The van der Waals surface area contributed by atoms with Gasteiger partial charge in [0.05, 0.1) is 5.02 Å². The molecule has 7 heteroatoms. The van der Waals surface area contributed by atoms with Crippen LogP contribution in [-0.2, 0) is 4.79 Å². The summed E-state index contributed by atoms with van der Waals surface area (Å²) in [6.07, 6.45) is 0. The molecule has 0 saturated heterocycles. The second-order valence-corrected chi connectivity index (χ2v) is 4.88. The molecule has 0 unspecified atom stereocenters. The highest BCUT2D eigenvalue weighted by Crippen LogP contribution is 2.27. The summed E-state index contributed by atoms with van der Waals surface area (Å²) in [5.74, 6) is 0.686. The lowest BCUT2D eigenvalue weighted by molar-refractivity contribution is -0.122. The number of rotatable bonds is 6. The van der Waals surface area contributed by atoms with E-state index in [0.29, 0.717) is 28.1 Å². The number of ether oxygens (including phenoxy) is 1. The Balaban J connectivity index is 2.32. The Morgan fingerprint density at radius 1 is 1.50 bits per heavy atom. The Labute approximate surface area is 119 Å². The smallest absolute Gasteiger partial charge is 0.257 e. The molecule has 0 aliphatic rings. The van der Waals surface area contributed by atoms with Crippen LogP contribution in [0.5, 0.6) is 5.75 Å². The first-order chi connectivity index (χ1) is 8.63. The molecule has 0 heterocycles. The van der Waals surface area contributed by atoms with Crippen LogP contribution in [0.4, 0.5) is 0 Å². The van der Waals surface area contributed by atoms with E-state index < -0.39 is 0 Å². The Kier molecular flexibility index (Phi) is 6.73. The third-order valence-corrected chi connectivity index (χ3v) is 2.91. The van der Waals surface area contributed by atoms with Gasteiger partial charge in [0.15, 0.2) is 6.61 Å². The highest BCUT2D eigenvalue weighted by atomic mass is 35.5. The van der Waals surface area contributed by atoms with Crippen LogP contribution in [0.15, 0.2) is 18.2 Å². The summed E-state index contributed by atoms with van der Waals surface area (Å²) in [6, 6.07) is 4.77. The number of nitriles is 1. The van der Waals surface area contributed by atoms with Crippen molar-refractivity contribution in [2.24, 2.45) is 0 Å². The van der Waals surface area contributed by atoms with Crippen molar-refractivity contribution in [1.82, 2.24) is 5.32 Å². The molecule has 96 valence electrons. The lowest BCUT2D eigenvalue weighted by atomic mass is 10.3. The van der Waals surface area contributed by atoms with Gasteiger partial charge in [-0.2, -0.15) is 5.26 Å². The van der Waals surface area contributed by atoms with E-state index in [2.05, 4.69) is 5.32 Å². The molecule has 0 bridgehead atoms. The second kappa shape index (κ2) is 8.09. The molecule has 1 aromatic rings. The first kappa shape index (κ1) is 15.0. The average molecular weight is 305 g/mol. The molecule has 1 aromatic carbocycles. The maximum Gasteiger partial charge on any atom is 0.257 e. The monoisotopic (exact) mass is 304 g/mol. The molecule has 0 radical (unpaired) electrons. The standard InChI is InChI=1S/C11H10Cl2N2O2S/c12-8-1-2-10(9(13)5-8)17-6-11(16)15-3-4-18-7-14/h1-2,5H,3-4,6H2,(H,15,16). The minimum absolute atomic E-state index is 0.126. The molecule has 0 atom stereocenters. The third kappa shape index (κ3) is 5.50. The molecular formula is C11H10Cl2N2O2S. The van der Waals surface area contributed by atoms with Crippen LogP contribution < -0.4 is 10.1 Å². The minimum atomic E-state index is -0.264. The SMILES string of the molecule is N#CSCCNC(=O)COc1ccc(Cl)cc1Cl. The normalized spacial score (nSPS) is 9.61. The molecule has 1 amide bonds. The number of thioether (sulfide) groups is 1. The minimum Gasteiger partial charge on any atom is -0.482 e. The summed E-state index contributed by atoms with van der Waals surface area (Å²) in [5.41, 5.74) is 0. The number of hydrogen-bond donors (Lipinski definition) is 1. The van der Waals surface area contributed by atoms with Gasteiger partial charge in [-0.1, -0.05) is 23.2 Å². The van der Waals surface area contributed by atoms with Gasteiger partial charge in [-0.15, -0.1) is 0 Å². The van der Waals surface area contributed by atoms with Gasteiger partial charge in [0.25, 0.3) is 5.91 Å². The number of carbonyl (C=O) groups is 1. The van der Waals surface area contributed by atoms with Crippen molar-refractivity contribution in [2.75, 3.05) is 18.9 Å². The van der Waals surface area contributed by atoms with Crippen molar-refractivity contribution >= 4 is 40.9 Å². The molecule has 0 aromatic heterocycles. The Morgan fingerprint density at radius 2 is 2.28 bits per heavy atom. The van der Waals surface area contributed by atoms with Gasteiger partial charge in [0.1, 0.15) is 11.2 Å². The summed E-state index contributed by atoms with van der Waals surface area (Å²) in [4.78, 5) is 11.4. The molecule has 1 rings (SSSR count). The number of halogens is 2.